The molecule has 2 unspecified atom stereocenters. The Kier molecular flexibility index (Phi) is 7.41. The molecule has 3 N–H and O–H groups in total. The number of fused-ring (bicyclic) bond motifs is 3. The second-order valence-electron chi connectivity index (χ2n) is 9.61. The van der Waals surface area contributed by atoms with E-state index in [1.165, 1.54) is 0 Å². The number of hydrogen-bond donors (Lipinski definition) is 3. The van der Waals surface area contributed by atoms with Gasteiger partial charge in [-0.3, -0.25) is 9.59 Å². The van der Waals surface area contributed by atoms with Crippen molar-refractivity contribution >= 4 is 18.0 Å². The van der Waals surface area contributed by atoms with Gasteiger partial charge in [0, 0.05) is 18.4 Å². The fourth-order valence-electron chi connectivity index (χ4n) is 4.17. The first-order valence-corrected chi connectivity index (χ1v) is 11.2. The van der Waals surface area contributed by atoms with Crippen LogP contribution >= 0.6 is 0 Å². The summed E-state index contributed by atoms with van der Waals surface area (Å²) < 4.78 is 5.59. The summed E-state index contributed by atoms with van der Waals surface area (Å²) in [4.78, 5) is 36.3. The lowest BCUT2D eigenvalue weighted by Gasteiger charge is -2.31. The standard InChI is InChI=1S/C26H32N2O5/c1-16(13-14-22(29)30)27-24(31)23(26(2,3)4)28-25(32)33-15-21-19-11-7-5-9-17(19)18-10-6-8-12-20(18)21/h5-12,16,21,23H,13-15H2,1-4H3,(H,27,31)(H,28,32)(H,29,30). The highest BCUT2D eigenvalue weighted by Crippen LogP contribution is 2.44. The molecule has 2 aromatic rings. The maximum atomic E-state index is 12.8. The number of nitrogens with one attached hydrogen (secondary N) is 2. The SMILES string of the molecule is CC(CCC(=O)O)NC(=O)C(NC(=O)OCC1c2ccccc2-c2ccccc21)C(C)(C)C. The van der Waals surface area contributed by atoms with Crippen LogP contribution in [0.4, 0.5) is 4.79 Å². The van der Waals surface area contributed by atoms with Crippen molar-refractivity contribution in [2.24, 2.45) is 5.41 Å². The Labute approximate surface area is 194 Å². The van der Waals surface area contributed by atoms with Crippen LogP contribution < -0.4 is 10.6 Å². The van der Waals surface area contributed by atoms with Gasteiger partial charge in [0.2, 0.25) is 5.91 Å². The third-order valence-corrected chi connectivity index (χ3v) is 5.91. The van der Waals surface area contributed by atoms with Crippen molar-refractivity contribution in [2.45, 2.75) is 58.5 Å². The maximum absolute atomic E-state index is 12.8. The van der Waals surface area contributed by atoms with Crippen LogP contribution in [0.3, 0.4) is 0 Å². The van der Waals surface area contributed by atoms with Gasteiger partial charge in [0.05, 0.1) is 0 Å². The number of hydrogen-bond acceptors (Lipinski definition) is 4. The molecule has 0 heterocycles. The fourth-order valence-corrected chi connectivity index (χ4v) is 4.17. The number of ether oxygens (including phenoxy) is 1. The quantitative estimate of drug-likeness (QED) is 0.554. The Hall–Kier alpha value is -3.35. The molecule has 7 nitrogen and oxygen atoms in total. The number of benzene rings is 2. The van der Waals surface area contributed by atoms with E-state index in [4.69, 9.17) is 9.84 Å². The summed E-state index contributed by atoms with van der Waals surface area (Å²) in [7, 11) is 0. The number of carboxylic acids is 1. The highest BCUT2D eigenvalue weighted by Gasteiger charge is 2.35. The topological polar surface area (TPSA) is 105 Å². The molecule has 0 saturated heterocycles. The minimum absolute atomic E-state index is 0.0402. The summed E-state index contributed by atoms with van der Waals surface area (Å²) in [5.74, 6) is -1.35. The molecule has 176 valence electrons. The van der Waals surface area contributed by atoms with Gasteiger partial charge in [-0.25, -0.2) is 4.79 Å². The van der Waals surface area contributed by atoms with Crippen LogP contribution in [0.25, 0.3) is 11.1 Å². The minimum Gasteiger partial charge on any atom is -0.481 e. The highest BCUT2D eigenvalue weighted by atomic mass is 16.5. The number of rotatable bonds is 8. The third-order valence-electron chi connectivity index (χ3n) is 5.91. The molecule has 0 saturated carbocycles. The van der Waals surface area contributed by atoms with Crippen LogP contribution in [-0.4, -0.2) is 41.8 Å². The van der Waals surface area contributed by atoms with Gasteiger partial charge < -0.3 is 20.5 Å². The van der Waals surface area contributed by atoms with Gasteiger partial charge in [0.15, 0.2) is 0 Å². The first-order valence-electron chi connectivity index (χ1n) is 11.2. The van der Waals surface area contributed by atoms with E-state index < -0.39 is 23.5 Å². The fraction of sp³-hybridized carbons (Fsp3) is 0.423. The Balaban J connectivity index is 1.64. The Bertz CT molecular complexity index is 982. The summed E-state index contributed by atoms with van der Waals surface area (Å²) in [5, 5.41) is 14.3. The predicted molar refractivity (Wildman–Crippen MR) is 126 cm³/mol. The number of alkyl carbamates (subject to hydrolysis) is 1. The van der Waals surface area contributed by atoms with Crippen LogP contribution in [0.1, 0.15) is 57.6 Å². The van der Waals surface area contributed by atoms with E-state index in [2.05, 4.69) is 22.8 Å². The second-order valence-corrected chi connectivity index (χ2v) is 9.61. The lowest BCUT2D eigenvalue weighted by Crippen LogP contribution is -2.55. The molecule has 0 radical (unpaired) electrons. The Morgan fingerprint density at radius 2 is 1.52 bits per heavy atom. The van der Waals surface area contributed by atoms with Crippen molar-refractivity contribution in [1.82, 2.24) is 10.6 Å². The van der Waals surface area contributed by atoms with Crippen molar-refractivity contribution in [3.05, 3.63) is 59.7 Å². The highest BCUT2D eigenvalue weighted by molar-refractivity contribution is 5.86. The first kappa shape index (κ1) is 24.3. The number of carbonyl (C=O) groups excluding carboxylic acids is 2. The smallest absolute Gasteiger partial charge is 0.407 e. The van der Waals surface area contributed by atoms with Crippen LogP contribution in [-0.2, 0) is 14.3 Å². The molecular formula is C26H32N2O5. The summed E-state index contributed by atoms with van der Waals surface area (Å²) in [6.45, 7) is 7.45. The van der Waals surface area contributed by atoms with Crippen LogP contribution in [0.2, 0.25) is 0 Å². The van der Waals surface area contributed by atoms with Gasteiger partial charge in [-0.2, -0.15) is 0 Å². The molecule has 1 aliphatic carbocycles. The van der Waals surface area contributed by atoms with Crippen LogP contribution in [0, 0.1) is 5.41 Å². The van der Waals surface area contributed by atoms with Crippen molar-refractivity contribution in [1.29, 1.82) is 0 Å². The molecule has 0 bridgehead atoms. The molecule has 2 atom stereocenters. The monoisotopic (exact) mass is 452 g/mol. The zero-order chi connectivity index (χ0) is 24.2. The van der Waals surface area contributed by atoms with E-state index in [0.717, 1.165) is 22.3 Å². The molecule has 0 spiro atoms. The summed E-state index contributed by atoms with van der Waals surface area (Å²) in [6, 6.07) is 15.0. The number of amides is 2. The molecule has 0 aromatic heterocycles. The van der Waals surface area contributed by atoms with Gasteiger partial charge in [-0.05, 0) is 41.0 Å². The van der Waals surface area contributed by atoms with Gasteiger partial charge in [0.1, 0.15) is 12.6 Å². The van der Waals surface area contributed by atoms with Gasteiger partial charge in [-0.1, -0.05) is 69.3 Å². The lowest BCUT2D eigenvalue weighted by molar-refractivity contribution is -0.137. The van der Waals surface area contributed by atoms with E-state index in [1.807, 2.05) is 57.2 Å². The Morgan fingerprint density at radius 3 is 2.03 bits per heavy atom. The first-order chi connectivity index (χ1) is 15.6. The van der Waals surface area contributed by atoms with Crippen molar-refractivity contribution in [3.63, 3.8) is 0 Å². The van der Waals surface area contributed by atoms with Crippen molar-refractivity contribution < 1.29 is 24.2 Å². The minimum atomic E-state index is -0.916. The normalized spacial score (nSPS) is 14.5. The molecule has 2 amide bonds. The average Bonchev–Trinajstić information content (AvgIpc) is 3.07. The number of aliphatic carboxylic acids is 1. The van der Waals surface area contributed by atoms with E-state index in [1.54, 1.807) is 6.92 Å². The number of carboxylic acid groups (broad SMARTS) is 1. The largest absolute Gasteiger partial charge is 0.481 e. The van der Waals surface area contributed by atoms with E-state index in [9.17, 15) is 14.4 Å². The second kappa shape index (κ2) is 10.1. The lowest BCUT2D eigenvalue weighted by atomic mass is 9.86. The molecule has 1 aliphatic rings. The molecule has 3 rings (SSSR count). The predicted octanol–water partition coefficient (Wildman–Crippen LogP) is 4.31. The maximum Gasteiger partial charge on any atom is 0.407 e. The molecule has 7 heteroatoms. The zero-order valence-electron chi connectivity index (χ0n) is 19.6. The third kappa shape index (κ3) is 5.92. The van der Waals surface area contributed by atoms with E-state index >= 15 is 0 Å². The summed E-state index contributed by atoms with van der Waals surface area (Å²) in [6.07, 6.45) is -0.394. The summed E-state index contributed by atoms with van der Waals surface area (Å²) in [5.41, 5.74) is 3.95. The molecular weight excluding hydrogens is 420 g/mol. The molecule has 0 fully saturated rings. The molecule has 0 aliphatic heterocycles. The van der Waals surface area contributed by atoms with Crippen molar-refractivity contribution in [3.8, 4) is 11.1 Å². The Morgan fingerprint density at radius 1 is 0.970 bits per heavy atom. The molecule has 33 heavy (non-hydrogen) atoms. The van der Waals surface area contributed by atoms with E-state index in [0.29, 0.717) is 6.42 Å². The van der Waals surface area contributed by atoms with Gasteiger partial charge in [0.25, 0.3) is 0 Å². The summed E-state index contributed by atoms with van der Waals surface area (Å²) >= 11 is 0. The van der Waals surface area contributed by atoms with Crippen LogP contribution in [0.15, 0.2) is 48.5 Å². The zero-order valence-corrected chi connectivity index (χ0v) is 19.6. The van der Waals surface area contributed by atoms with Gasteiger partial charge >= 0.3 is 12.1 Å². The van der Waals surface area contributed by atoms with Crippen LogP contribution in [0.5, 0.6) is 0 Å². The van der Waals surface area contributed by atoms with E-state index in [-0.39, 0.29) is 30.9 Å². The average molecular weight is 453 g/mol. The van der Waals surface area contributed by atoms with Crippen molar-refractivity contribution in [2.75, 3.05) is 6.61 Å². The molecule has 2 aromatic carbocycles. The van der Waals surface area contributed by atoms with Gasteiger partial charge in [-0.15, -0.1) is 0 Å². The number of carbonyl (C=O) groups is 3.